The van der Waals surface area contributed by atoms with Crippen LogP contribution < -0.4 is 0 Å². The number of methoxy groups -OCH3 is 2. The first-order chi connectivity index (χ1) is 16.5. The zero-order chi connectivity index (χ0) is 25.5. The van der Waals surface area contributed by atoms with Gasteiger partial charge in [0.05, 0.1) is 38.6 Å². The molecular weight excluding hydrogens is 460 g/mol. The Hall–Kier alpha value is -3.17. The maximum atomic E-state index is 14.0. The Morgan fingerprint density at radius 3 is 2.46 bits per heavy atom. The van der Waals surface area contributed by atoms with Crippen LogP contribution in [0.2, 0.25) is 0 Å². The number of furan rings is 1. The Labute approximate surface area is 202 Å². The number of ether oxygens (including phenoxy) is 4. The Bertz CT molecular complexity index is 1030. The smallest absolute Gasteiger partial charge is 0.317 e. The summed E-state index contributed by atoms with van der Waals surface area (Å²) >= 11 is 0. The third kappa shape index (κ3) is 4.12. The van der Waals surface area contributed by atoms with Gasteiger partial charge in [0.2, 0.25) is 0 Å². The second-order valence-electron chi connectivity index (χ2n) is 10.2. The van der Waals surface area contributed by atoms with Crippen LogP contribution in [0.1, 0.15) is 57.6 Å². The fourth-order valence-corrected chi connectivity index (χ4v) is 6.65. The molecule has 1 saturated heterocycles. The summed E-state index contributed by atoms with van der Waals surface area (Å²) in [5, 5.41) is 0. The first-order valence-corrected chi connectivity index (χ1v) is 11.7. The van der Waals surface area contributed by atoms with E-state index in [1.807, 2.05) is 13.8 Å². The molecule has 0 N–H and O–H groups in total. The number of ketones is 1. The van der Waals surface area contributed by atoms with Crippen LogP contribution in [0.25, 0.3) is 0 Å². The van der Waals surface area contributed by atoms with Gasteiger partial charge in [-0.25, -0.2) is 0 Å². The van der Waals surface area contributed by atoms with Crippen LogP contribution in [-0.2, 0) is 42.9 Å². The van der Waals surface area contributed by atoms with Crippen molar-refractivity contribution in [3.63, 3.8) is 0 Å². The van der Waals surface area contributed by atoms with Crippen molar-refractivity contribution in [2.45, 2.75) is 58.2 Å². The summed E-state index contributed by atoms with van der Waals surface area (Å²) in [6.45, 7) is 3.75. The number of rotatable bonds is 5. The van der Waals surface area contributed by atoms with Gasteiger partial charge in [0.25, 0.3) is 0 Å². The third-order valence-corrected chi connectivity index (χ3v) is 8.29. The largest absolute Gasteiger partial charge is 0.472 e. The summed E-state index contributed by atoms with van der Waals surface area (Å²) in [5.41, 5.74) is -1.01. The topological polar surface area (TPSA) is 135 Å². The molecule has 3 fully saturated rings. The number of carbonyl (C=O) groups is 5. The van der Waals surface area contributed by atoms with E-state index < -0.39 is 71.1 Å². The van der Waals surface area contributed by atoms with Gasteiger partial charge in [-0.05, 0) is 36.2 Å². The van der Waals surface area contributed by atoms with Crippen molar-refractivity contribution in [2.75, 3.05) is 14.2 Å². The highest BCUT2D eigenvalue weighted by molar-refractivity contribution is 5.96. The molecule has 0 aromatic carbocycles. The molecule has 0 amide bonds. The average Bonchev–Trinajstić information content (AvgIpc) is 3.34. The highest BCUT2D eigenvalue weighted by Crippen LogP contribution is 2.65. The number of esters is 4. The fraction of sp³-hybridized carbons (Fsp3) is 0.640. The first-order valence-electron chi connectivity index (χ1n) is 11.7. The molecule has 0 spiro atoms. The van der Waals surface area contributed by atoms with Gasteiger partial charge >= 0.3 is 23.9 Å². The van der Waals surface area contributed by atoms with Crippen LogP contribution in [0, 0.1) is 28.6 Å². The Balaban J connectivity index is 1.73. The van der Waals surface area contributed by atoms with Gasteiger partial charge in [0.1, 0.15) is 12.5 Å². The lowest BCUT2D eigenvalue weighted by molar-refractivity contribution is -0.210. The second kappa shape index (κ2) is 9.13. The first kappa shape index (κ1) is 24.9. The lowest BCUT2D eigenvalue weighted by Crippen LogP contribution is -2.64. The van der Waals surface area contributed by atoms with Gasteiger partial charge in [-0.2, -0.15) is 0 Å². The molecule has 0 radical (unpaired) electrons. The van der Waals surface area contributed by atoms with Crippen LogP contribution in [0.3, 0.4) is 0 Å². The Kier molecular flexibility index (Phi) is 6.50. The van der Waals surface area contributed by atoms with Crippen molar-refractivity contribution in [1.29, 1.82) is 0 Å². The van der Waals surface area contributed by atoms with E-state index >= 15 is 0 Å². The number of hydrogen-bond acceptors (Lipinski definition) is 10. The number of cyclic esters (lactones) is 1. The predicted octanol–water partition coefficient (Wildman–Crippen LogP) is 2.54. The highest BCUT2D eigenvalue weighted by atomic mass is 16.6. The number of carbonyl (C=O) groups excluding carboxylic acids is 5. The van der Waals surface area contributed by atoms with Crippen molar-refractivity contribution in [3.05, 3.63) is 24.2 Å². The molecule has 4 rings (SSSR count). The quantitative estimate of drug-likeness (QED) is 0.344. The van der Waals surface area contributed by atoms with Crippen LogP contribution >= 0.6 is 0 Å². The molecule has 3 aliphatic rings. The van der Waals surface area contributed by atoms with Crippen molar-refractivity contribution < 1.29 is 47.3 Å². The molecule has 35 heavy (non-hydrogen) atoms. The van der Waals surface area contributed by atoms with Crippen molar-refractivity contribution in [1.82, 2.24) is 0 Å². The molecule has 7 atom stereocenters. The van der Waals surface area contributed by atoms with E-state index in [4.69, 9.17) is 18.6 Å². The minimum atomic E-state index is -1.25. The van der Waals surface area contributed by atoms with Crippen molar-refractivity contribution in [2.24, 2.45) is 28.6 Å². The molecule has 10 heteroatoms. The van der Waals surface area contributed by atoms with Crippen LogP contribution in [0.5, 0.6) is 0 Å². The molecule has 10 nitrogen and oxygen atoms in total. The minimum Gasteiger partial charge on any atom is -0.472 e. The molecule has 1 aromatic heterocycles. The van der Waals surface area contributed by atoms with Crippen LogP contribution in [-0.4, -0.2) is 50.0 Å². The van der Waals surface area contributed by atoms with E-state index in [-0.39, 0.29) is 12.2 Å². The molecule has 0 unspecified atom stereocenters. The van der Waals surface area contributed by atoms with Crippen molar-refractivity contribution >= 4 is 29.7 Å². The highest BCUT2D eigenvalue weighted by Gasteiger charge is 2.67. The summed E-state index contributed by atoms with van der Waals surface area (Å²) in [7, 11) is 2.41. The van der Waals surface area contributed by atoms with Gasteiger partial charge in [-0.15, -0.1) is 0 Å². The van der Waals surface area contributed by atoms with Crippen molar-refractivity contribution in [3.8, 4) is 0 Å². The summed E-state index contributed by atoms with van der Waals surface area (Å²) in [6, 6.07) is 1.71. The SMILES string of the molecule is COC(=O)CC(=O)O[C@H]1C[C@@H](C(=O)OC)[C@]2(C)CC[C@H]3C(=O)O[C@H](c4ccoc4)C[C@]3(C)[C@H]2C1=O. The maximum absolute atomic E-state index is 14.0. The lowest BCUT2D eigenvalue weighted by Gasteiger charge is -2.61. The molecule has 2 heterocycles. The maximum Gasteiger partial charge on any atom is 0.317 e. The second-order valence-corrected chi connectivity index (χ2v) is 10.2. The standard InChI is InChI=1S/C25H30O10/c1-24-7-5-14-23(30)35-17(13-6-8-33-12-13)11-25(14,2)21(24)20(28)16(9-15(24)22(29)32-4)34-19(27)10-18(26)31-3/h6,8,12,14-17,21H,5,7,9-11H2,1-4H3/t14-,15-,16-,17-,21-,24-,25-/m0/s1. The number of Topliss-reactive ketones (excluding diaryl/α,β-unsaturated/α-hetero) is 1. The Morgan fingerprint density at radius 2 is 1.83 bits per heavy atom. The molecule has 1 aromatic rings. The Morgan fingerprint density at radius 1 is 1.09 bits per heavy atom. The van der Waals surface area contributed by atoms with E-state index in [1.165, 1.54) is 19.6 Å². The fourth-order valence-electron chi connectivity index (χ4n) is 6.65. The zero-order valence-corrected chi connectivity index (χ0v) is 20.2. The van der Waals surface area contributed by atoms with Gasteiger partial charge in [0.15, 0.2) is 11.9 Å². The average molecular weight is 491 g/mol. The molecule has 0 bridgehead atoms. The summed E-state index contributed by atoms with van der Waals surface area (Å²) in [5.74, 6) is -5.08. The van der Waals surface area contributed by atoms with Gasteiger partial charge in [0, 0.05) is 17.9 Å². The molecule has 1 aliphatic heterocycles. The van der Waals surface area contributed by atoms with Gasteiger partial charge in [-0.3, -0.25) is 24.0 Å². The van der Waals surface area contributed by atoms with Crippen LogP contribution in [0.15, 0.2) is 23.0 Å². The van der Waals surface area contributed by atoms with Gasteiger partial charge in [-0.1, -0.05) is 13.8 Å². The van der Waals surface area contributed by atoms with E-state index in [0.29, 0.717) is 24.8 Å². The van der Waals surface area contributed by atoms with E-state index in [1.54, 1.807) is 6.07 Å². The summed E-state index contributed by atoms with van der Waals surface area (Å²) < 4.78 is 25.9. The molecule has 2 aliphatic carbocycles. The number of hydrogen-bond donors (Lipinski definition) is 0. The lowest BCUT2D eigenvalue weighted by atomic mass is 9.43. The summed E-state index contributed by atoms with van der Waals surface area (Å²) in [6.07, 6.45) is 1.63. The molecule has 190 valence electrons. The third-order valence-electron chi connectivity index (χ3n) is 8.29. The van der Waals surface area contributed by atoms with E-state index in [9.17, 15) is 24.0 Å². The normalized spacial score (nSPS) is 36.3. The summed E-state index contributed by atoms with van der Waals surface area (Å²) in [4.78, 5) is 63.9. The van der Waals surface area contributed by atoms with Crippen LogP contribution in [0.4, 0.5) is 0 Å². The monoisotopic (exact) mass is 490 g/mol. The predicted molar refractivity (Wildman–Crippen MR) is 116 cm³/mol. The van der Waals surface area contributed by atoms with Gasteiger partial charge < -0.3 is 23.4 Å². The zero-order valence-electron chi connectivity index (χ0n) is 20.2. The molecular formula is C25H30O10. The minimum absolute atomic E-state index is 0.0538. The van der Waals surface area contributed by atoms with E-state index in [0.717, 1.165) is 7.11 Å². The number of fused-ring (bicyclic) bond motifs is 3. The van der Waals surface area contributed by atoms with E-state index in [2.05, 4.69) is 4.74 Å². The molecule has 2 saturated carbocycles.